The van der Waals surface area contributed by atoms with Crippen molar-refractivity contribution in [2.45, 2.75) is 32.0 Å². The maximum Gasteiger partial charge on any atom is 0.428 e. The van der Waals surface area contributed by atoms with E-state index in [-0.39, 0.29) is 23.3 Å². The van der Waals surface area contributed by atoms with Gasteiger partial charge in [0.25, 0.3) is 5.60 Å². The Bertz CT molecular complexity index is 639. The van der Waals surface area contributed by atoms with Crippen molar-refractivity contribution in [2.75, 3.05) is 7.11 Å². The van der Waals surface area contributed by atoms with Gasteiger partial charge in [0.05, 0.1) is 7.11 Å². The topological polar surface area (TPSA) is 66.8 Å². The van der Waals surface area contributed by atoms with Crippen molar-refractivity contribution in [3.63, 3.8) is 0 Å². The minimum absolute atomic E-state index is 0.0456. The number of hydrogen-bond donors (Lipinski definition) is 2. The molecule has 0 saturated heterocycles. The summed E-state index contributed by atoms with van der Waals surface area (Å²) in [7, 11) is 1.14. The van der Waals surface area contributed by atoms with Crippen molar-refractivity contribution in [1.29, 1.82) is 0 Å². The Morgan fingerprint density at radius 1 is 1.38 bits per heavy atom. The smallest absolute Gasteiger partial charge is 0.428 e. The van der Waals surface area contributed by atoms with E-state index in [2.05, 4.69) is 0 Å². The molecule has 0 aliphatic heterocycles. The minimum Gasteiger partial charge on any atom is -0.493 e. The van der Waals surface area contributed by atoms with E-state index in [4.69, 9.17) is 9.84 Å². The number of benzene rings is 1. The van der Waals surface area contributed by atoms with Crippen LogP contribution in [0.5, 0.6) is 5.75 Å². The molecule has 0 aliphatic carbocycles. The highest BCUT2D eigenvalue weighted by Gasteiger charge is 2.64. The van der Waals surface area contributed by atoms with Gasteiger partial charge in [0.2, 0.25) is 0 Å². The molecule has 0 aromatic heterocycles. The molecule has 24 heavy (non-hydrogen) atoms. The van der Waals surface area contributed by atoms with Crippen LogP contribution in [-0.4, -0.2) is 35.1 Å². The minimum atomic E-state index is -5.42. The van der Waals surface area contributed by atoms with Crippen molar-refractivity contribution >= 4 is 11.5 Å². The molecular formula is C16H18F4O4. The second-order valence-electron chi connectivity index (χ2n) is 5.09. The van der Waals surface area contributed by atoms with Gasteiger partial charge in [-0.05, 0) is 25.0 Å². The van der Waals surface area contributed by atoms with Crippen LogP contribution < -0.4 is 4.74 Å². The zero-order valence-corrected chi connectivity index (χ0v) is 13.3. The molecule has 1 rings (SSSR count). The fourth-order valence-corrected chi connectivity index (χ4v) is 2.70. The van der Waals surface area contributed by atoms with Gasteiger partial charge in [-0.15, -0.1) is 0 Å². The number of carbonyl (C=O) groups is 1. The summed E-state index contributed by atoms with van der Waals surface area (Å²) in [6, 6.07) is 3.62. The van der Waals surface area contributed by atoms with Crippen LogP contribution in [0.2, 0.25) is 0 Å². The number of para-hydroxylation sites is 1. The molecule has 1 aromatic rings. The highest BCUT2D eigenvalue weighted by Crippen LogP contribution is 2.46. The van der Waals surface area contributed by atoms with Crippen molar-refractivity contribution in [3.8, 4) is 5.75 Å². The quantitative estimate of drug-likeness (QED) is 0.769. The van der Waals surface area contributed by atoms with Crippen LogP contribution in [0.3, 0.4) is 0 Å². The molecule has 134 valence electrons. The summed E-state index contributed by atoms with van der Waals surface area (Å²) >= 11 is 0. The van der Waals surface area contributed by atoms with E-state index >= 15 is 0 Å². The van der Waals surface area contributed by atoms with Crippen molar-refractivity contribution in [3.05, 3.63) is 35.7 Å². The number of methoxy groups -OCH3 is 1. The van der Waals surface area contributed by atoms with Gasteiger partial charge < -0.3 is 14.9 Å². The molecule has 4 nitrogen and oxygen atoms in total. The van der Waals surface area contributed by atoms with Gasteiger partial charge in [-0.1, -0.05) is 25.1 Å². The van der Waals surface area contributed by atoms with E-state index in [1.807, 2.05) is 0 Å². The van der Waals surface area contributed by atoms with Crippen molar-refractivity contribution < 1.29 is 37.3 Å². The molecule has 0 amide bonds. The molecule has 0 radical (unpaired) electrons. The van der Waals surface area contributed by atoms with Gasteiger partial charge >= 0.3 is 12.1 Å². The highest BCUT2D eigenvalue weighted by atomic mass is 19.4. The Labute approximate surface area is 136 Å². The molecule has 0 aliphatic rings. The van der Waals surface area contributed by atoms with E-state index in [0.29, 0.717) is 0 Å². The number of carboxylic acids is 1. The molecule has 0 fully saturated rings. The lowest BCUT2D eigenvalue weighted by molar-refractivity contribution is -0.270. The third kappa shape index (κ3) is 3.24. The Morgan fingerprint density at radius 2 is 1.96 bits per heavy atom. The van der Waals surface area contributed by atoms with E-state index in [0.717, 1.165) is 13.2 Å². The molecule has 0 saturated carbocycles. The number of aliphatic hydroxyl groups is 1. The van der Waals surface area contributed by atoms with Gasteiger partial charge in [0.1, 0.15) is 0 Å². The molecule has 0 bridgehead atoms. The molecule has 1 unspecified atom stereocenters. The molecule has 1 aromatic carbocycles. The molecule has 8 heteroatoms. The summed E-state index contributed by atoms with van der Waals surface area (Å²) in [5.74, 6) is -5.40. The number of alkyl halides is 3. The predicted octanol–water partition coefficient (Wildman–Crippen LogP) is 3.64. The summed E-state index contributed by atoms with van der Waals surface area (Å²) in [4.78, 5) is 11.2. The van der Waals surface area contributed by atoms with Crippen LogP contribution in [0.25, 0.3) is 5.57 Å². The molecule has 0 heterocycles. The maximum atomic E-state index is 13.9. The fourth-order valence-electron chi connectivity index (χ4n) is 2.70. The largest absolute Gasteiger partial charge is 0.493 e. The normalized spacial score (nSPS) is 16.4. The van der Waals surface area contributed by atoms with E-state index in [1.54, 1.807) is 0 Å². The van der Waals surface area contributed by atoms with Crippen LogP contribution in [0.4, 0.5) is 17.6 Å². The average molecular weight is 350 g/mol. The summed E-state index contributed by atoms with van der Waals surface area (Å²) in [5.41, 5.74) is -4.23. The lowest BCUT2D eigenvalue weighted by Gasteiger charge is -2.35. The SMILES string of the molecule is CC=C(c1cccc(F)c1OC)C(CC)[C@@](O)(C(=O)O)C(F)(F)F. The standard InChI is InChI=1S/C16H18F4O4/c1-4-9(10-7-6-8-12(17)13(10)24-3)11(5-2)15(23,14(21)22)16(18,19)20/h4,6-8,11,23H,5H2,1-3H3,(H,21,22)/t11?,15-/m1/s1. The first kappa shape index (κ1) is 20.0. The van der Waals surface area contributed by atoms with Crippen LogP contribution in [0.1, 0.15) is 25.8 Å². The third-order valence-corrected chi connectivity index (χ3v) is 3.84. The van der Waals surface area contributed by atoms with Crippen LogP contribution in [-0.2, 0) is 4.79 Å². The third-order valence-electron chi connectivity index (χ3n) is 3.84. The van der Waals surface area contributed by atoms with E-state index < -0.39 is 29.5 Å². The number of hydrogen-bond acceptors (Lipinski definition) is 3. The van der Waals surface area contributed by atoms with Gasteiger partial charge in [0.15, 0.2) is 11.6 Å². The maximum absolute atomic E-state index is 13.9. The summed E-state index contributed by atoms with van der Waals surface area (Å²) in [5, 5.41) is 19.0. The number of ether oxygens (including phenoxy) is 1. The van der Waals surface area contributed by atoms with Crippen molar-refractivity contribution in [1.82, 2.24) is 0 Å². The first-order valence-corrected chi connectivity index (χ1v) is 7.07. The first-order valence-electron chi connectivity index (χ1n) is 7.07. The Kier molecular flexibility index (Phi) is 5.99. The first-order chi connectivity index (χ1) is 11.1. The molecular weight excluding hydrogens is 332 g/mol. The summed E-state index contributed by atoms with van der Waals surface area (Å²) in [6.45, 7) is 2.68. The average Bonchev–Trinajstić information content (AvgIpc) is 2.50. The van der Waals surface area contributed by atoms with Crippen LogP contribution in [0, 0.1) is 11.7 Å². The van der Waals surface area contributed by atoms with Crippen molar-refractivity contribution in [2.24, 2.45) is 5.92 Å². The van der Waals surface area contributed by atoms with Gasteiger partial charge in [-0.2, -0.15) is 13.2 Å². The summed E-state index contributed by atoms with van der Waals surface area (Å²) in [6.07, 6.45) is -4.55. The second kappa shape index (κ2) is 7.21. The Hall–Kier alpha value is -2.09. The Morgan fingerprint density at radius 3 is 2.33 bits per heavy atom. The van der Waals surface area contributed by atoms with Crippen LogP contribution >= 0.6 is 0 Å². The number of allylic oxidation sites excluding steroid dienone is 1. The zero-order valence-electron chi connectivity index (χ0n) is 13.3. The predicted molar refractivity (Wildman–Crippen MR) is 79.0 cm³/mol. The van der Waals surface area contributed by atoms with Gasteiger partial charge in [-0.3, -0.25) is 0 Å². The Balaban J connectivity index is 3.63. The van der Waals surface area contributed by atoms with Gasteiger partial charge in [0, 0.05) is 11.5 Å². The second-order valence-corrected chi connectivity index (χ2v) is 5.09. The zero-order chi connectivity index (χ0) is 18.7. The highest BCUT2D eigenvalue weighted by molar-refractivity contribution is 5.84. The number of halogens is 4. The molecule has 2 atom stereocenters. The number of carboxylic acid groups (broad SMARTS) is 1. The number of rotatable bonds is 6. The lowest BCUT2D eigenvalue weighted by atomic mass is 9.76. The number of aliphatic carboxylic acids is 1. The van der Waals surface area contributed by atoms with E-state index in [9.17, 15) is 27.5 Å². The monoisotopic (exact) mass is 350 g/mol. The molecule has 2 N–H and O–H groups in total. The van der Waals surface area contributed by atoms with Gasteiger partial charge in [-0.25, -0.2) is 9.18 Å². The van der Waals surface area contributed by atoms with E-state index in [1.165, 1.54) is 32.1 Å². The fraction of sp³-hybridized carbons (Fsp3) is 0.438. The van der Waals surface area contributed by atoms with Crippen LogP contribution in [0.15, 0.2) is 24.3 Å². The molecule has 0 spiro atoms. The lowest BCUT2D eigenvalue weighted by Crippen LogP contribution is -2.57. The summed E-state index contributed by atoms with van der Waals surface area (Å²) < 4.78 is 58.6.